The van der Waals surface area contributed by atoms with Gasteiger partial charge in [0.15, 0.2) is 5.03 Å². The van der Waals surface area contributed by atoms with Crippen LogP contribution >= 0.6 is 11.3 Å². The number of carbonyl (C=O) groups is 1. The highest BCUT2D eigenvalue weighted by atomic mass is 32.2. The predicted octanol–water partition coefficient (Wildman–Crippen LogP) is 3.88. The first-order valence-electron chi connectivity index (χ1n) is 10.6. The molecule has 2 N–H and O–H groups in total. The number of amides is 1. The summed E-state index contributed by atoms with van der Waals surface area (Å²) < 4.78 is 28.9. The molecule has 1 aromatic carbocycles. The molecule has 0 saturated carbocycles. The van der Waals surface area contributed by atoms with Crippen LogP contribution < -0.4 is 10.0 Å². The van der Waals surface area contributed by atoms with Gasteiger partial charge in [0.1, 0.15) is 5.82 Å². The van der Waals surface area contributed by atoms with E-state index in [0.29, 0.717) is 11.7 Å². The molecule has 3 rings (SSSR count). The summed E-state index contributed by atoms with van der Waals surface area (Å²) >= 11 is 1.58. The van der Waals surface area contributed by atoms with Crippen molar-refractivity contribution in [1.82, 2.24) is 19.6 Å². The molecule has 172 valence electrons. The molecule has 0 bridgehead atoms. The summed E-state index contributed by atoms with van der Waals surface area (Å²) in [6.07, 6.45) is 2.55. The van der Waals surface area contributed by atoms with E-state index in [1.165, 1.54) is 11.8 Å². The number of imidazole rings is 1. The van der Waals surface area contributed by atoms with Crippen molar-refractivity contribution in [3.63, 3.8) is 0 Å². The summed E-state index contributed by atoms with van der Waals surface area (Å²) in [5.41, 5.74) is 2.27. The highest BCUT2D eigenvalue weighted by Crippen LogP contribution is 2.28. The molecule has 0 saturated heterocycles. The predicted molar refractivity (Wildman–Crippen MR) is 127 cm³/mol. The van der Waals surface area contributed by atoms with Crippen molar-refractivity contribution in [3.05, 3.63) is 69.8 Å². The highest BCUT2D eigenvalue weighted by Gasteiger charge is 2.21. The van der Waals surface area contributed by atoms with E-state index in [1.807, 2.05) is 17.5 Å². The monoisotopic (exact) mass is 474 g/mol. The average molecular weight is 475 g/mol. The molecule has 9 heteroatoms. The summed E-state index contributed by atoms with van der Waals surface area (Å²) in [6, 6.07) is 12.0. The maximum atomic E-state index is 12.7. The molecule has 0 aliphatic carbocycles. The number of benzene rings is 1. The molecule has 0 aliphatic heterocycles. The molecule has 2 aromatic heterocycles. The average Bonchev–Trinajstić information content (AvgIpc) is 3.42. The van der Waals surface area contributed by atoms with Crippen LogP contribution in [0.3, 0.4) is 0 Å². The van der Waals surface area contributed by atoms with E-state index in [4.69, 9.17) is 0 Å². The molecule has 3 aromatic rings. The molecule has 2 unspecified atom stereocenters. The van der Waals surface area contributed by atoms with Gasteiger partial charge in [-0.3, -0.25) is 4.79 Å². The van der Waals surface area contributed by atoms with Crippen LogP contribution in [0.2, 0.25) is 0 Å². The van der Waals surface area contributed by atoms with Gasteiger partial charge >= 0.3 is 0 Å². The largest absolute Gasteiger partial charge is 0.344 e. The molecule has 0 aliphatic rings. The lowest BCUT2D eigenvalue weighted by atomic mass is 9.95. The molecule has 7 nitrogen and oxygen atoms in total. The zero-order valence-corrected chi connectivity index (χ0v) is 20.5. The summed E-state index contributed by atoms with van der Waals surface area (Å²) in [5.74, 6) is 0.852. The Morgan fingerprint density at radius 3 is 2.44 bits per heavy atom. The van der Waals surface area contributed by atoms with Crippen LogP contribution in [0.5, 0.6) is 0 Å². The third kappa shape index (κ3) is 5.85. The fourth-order valence-corrected chi connectivity index (χ4v) is 5.16. The molecule has 1 amide bonds. The van der Waals surface area contributed by atoms with Crippen molar-refractivity contribution in [1.29, 1.82) is 0 Å². The van der Waals surface area contributed by atoms with Gasteiger partial charge < -0.3 is 9.88 Å². The molecular formula is C23H30N4O3S2. The zero-order valence-electron chi connectivity index (χ0n) is 18.8. The van der Waals surface area contributed by atoms with Crippen molar-refractivity contribution in [2.45, 2.75) is 50.6 Å². The van der Waals surface area contributed by atoms with Crippen molar-refractivity contribution >= 4 is 27.3 Å². The van der Waals surface area contributed by atoms with Crippen LogP contribution in [-0.4, -0.2) is 30.4 Å². The minimum absolute atomic E-state index is 0.00605. The maximum Gasteiger partial charge on any atom is 0.259 e. The molecule has 0 fully saturated rings. The molecule has 32 heavy (non-hydrogen) atoms. The Bertz CT molecular complexity index is 1120. The van der Waals surface area contributed by atoms with Gasteiger partial charge in [-0.15, -0.1) is 11.3 Å². The summed E-state index contributed by atoms with van der Waals surface area (Å²) in [4.78, 5) is 17.7. The number of thiophene rings is 1. The van der Waals surface area contributed by atoms with Crippen LogP contribution in [0.1, 0.15) is 60.5 Å². The fraction of sp³-hybridized carbons (Fsp3) is 0.391. The number of nitrogens with zero attached hydrogens (tertiary/aromatic N) is 2. The third-order valence-corrected chi connectivity index (χ3v) is 7.86. The quantitative estimate of drug-likeness (QED) is 0.466. The van der Waals surface area contributed by atoms with E-state index in [9.17, 15) is 13.2 Å². The van der Waals surface area contributed by atoms with Gasteiger partial charge in [-0.1, -0.05) is 44.2 Å². The lowest BCUT2D eigenvalue weighted by molar-refractivity contribution is -0.121. The fourth-order valence-electron chi connectivity index (χ4n) is 3.29. The molecule has 2 atom stereocenters. The van der Waals surface area contributed by atoms with Crippen molar-refractivity contribution in [3.8, 4) is 0 Å². The maximum absolute atomic E-state index is 12.7. The first-order chi connectivity index (χ1) is 15.2. The summed E-state index contributed by atoms with van der Waals surface area (Å²) in [6.45, 7) is 6.08. The Morgan fingerprint density at radius 1 is 1.19 bits per heavy atom. The van der Waals surface area contributed by atoms with E-state index >= 15 is 0 Å². The van der Waals surface area contributed by atoms with Gasteiger partial charge in [-0.25, -0.2) is 18.1 Å². The minimum atomic E-state index is -3.76. The molecule has 0 spiro atoms. The lowest BCUT2D eigenvalue weighted by Crippen LogP contribution is -2.33. The Balaban J connectivity index is 1.65. The smallest absolute Gasteiger partial charge is 0.259 e. The zero-order chi connectivity index (χ0) is 23.3. The van der Waals surface area contributed by atoms with Gasteiger partial charge in [-0.05, 0) is 41.8 Å². The number of sulfonamides is 1. The number of aryl methyl sites for hydroxylation is 2. The van der Waals surface area contributed by atoms with E-state index in [1.54, 1.807) is 29.9 Å². The second kappa shape index (κ2) is 10.4. The standard InChI is InChI=1S/C23H30N4O3S2/c1-5-16(2)18-8-10-19(11-9-18)23(20-7-6-14-31-20)26-21(28)12-13-24-32(29,30)22-15-27(4)17(3)25-22/h6-11,14-16,23-24H,5,12-13H2,1-4H3,(H,26,28). The summed E-state index contributed by atoms with van der Waals surface area (Å²) in [5, 5.41) is 4.99. The third-order valence-electron chi connectivity index (χ3n) is 5.59. The molecular weight excluding hydrogens is 444 g/mol. The number of hydrogen-bond acceptors (Lipinski definition) is 5. The van der Waals surface area contributed by atoms with E-state index in [-0.39, 0.29) is 29.9 Å². The number of rotatable bonds is 10. The van der Waals surface area contributed by atoms with Crippen molar-refractivity contribution in [2.75, 3.05) is 6.54 Å². The SMILES string of the molecule is CCC(C)c1ccc(C(NC(=O)CCNS(=O)(=O)c2cn(C)c(C)n2)c2cccs2)cc1. The molecule has 0 radical (unpaired) electrons. The number of carbonyl (C=O) groups excluding carboxylic acids is 1. The topological polar surface area (TPSA) is 93.1 Å². The van der Waals surface area contributed by atoms with Crippen LogP contribution in [-0.2, 0) is 21.9 Å². The Morgan fingerprint density at radius 2 is 1.88 bits per heavy atom. The first kappa shape index (κ1) is 24.2. The van der Waals surface area contributed by atoms with Gasteiger partial charge in [0.05, 0.1) is 6.04 Å². The minimum Gasteiger partial charge on any atom is -0.344 e. The van der Waals surface area contributed by atoms with E-state index < -0.39 is 10.0 Å². The van der Waals surface area contributed by atoms with Crippen LogP contribution in [0.4, 0.5) is 0 Å². The number of aromatic nitrogens is 2. The lowest BCUT2D eigenvalue weighted by Gasteiger charge is -2.19. The first-order valence-corrected chi connectivity index (χ1v) is 13.0. The van der Waals surface area contributed by atoms with Crippen LogP contribution in [0, 0.1) is 6.92 Å². The Labute approximate surface area is 193 Å². The van der Waals surface area contributed by atoms with Crippen molar-refractivity contribution in [2.24, 2.45) is 7.05 Å². The number of nitrogens with one attached hydrogen (secondary N) is 2. The Hall–Kier alpha value is -2.49. The van der Waals surface area contributed by atoms with Gasteiger partial charge in [-0.2, -0.15) is 0 Å². The molecule has 2 heterocycles. The summed E-state index contributed by atoms with van der Waals surface area (Å²) in [7, 11) is -2.03. The Kier molecular flexibility index (Phi) is 7.86. The second-order valence-corrected chi connectivity index (χ2v) is 10.6. The van der Waals surface area contributed by atoms with Crippen molar-refractivity contribution < 1.29 is 13.2 Å². The van der Waals surface area contributed by atoms with Gasteiger partial charge in [0, 0.05) is 31.1 Å². The number of hydrogen-bond donors (Lipinski definition) is 2. The van der Waals surface area contributed by atoms with E-state index in [2.05, 4.69) is 53.1 Å². The van der Waals surface area contributed by atoms with Crippen LogP contribution in [0.15, 0.2) is 53.0 Å². The van der Waals surface area contributed by atoms with Gasteiger partial charge in [0.2, 0.25) is 5.91 Å². The normalized spacial score (nSPS) is 13.6. The second-order valence-electron chi connectivity index (χ2n) is 7.88. The highest BCUT2D eigenvalue weighted by molar-refractivity contribution is 7.89. The van der Waals surface area contributed by atoms with Gasteiger partial charge in [0.25, 0.3) is 10.0 Å². The van der Waals surface area contributed by atoms with E-state index in [0.717, 1.165) is 16.9 Å². The van der Waals surface area contributed by atoms with Crippen LogP contribution in [0.25, 0.3) is 0 Å².